The van der Waals surface area contributed by atoms with Crippen LogP contribution in [0.15, 0.2) is 28.8 Å². The van der Waals surface area contributed by atoms with Gasteiger partial charge in [-0.2, -0.15) is 0 Å². The molecule has 3 fully saturated rings. The summed E-state index contributed by atoms with van der Waals surface area (Å²) in [6, 6.07) is 8.56. The van der Waals surface area contributed by atoms with E-state index in [0.29, 0.717) is 13.2 Å². The number of nitrogens with zero attached hydrogens (tertiary/aromatic N) is 3. The molecule has 4 heterocycles. The van der Waals surface area contributed by atoms with Gasteiger partial charge in [0.05, 0.1) is 24.8 Å². The van der Waals surface area contributed by atoms with Crippen molar-refractivity contribution in [3.63, 3.8) is 0 Å². The largest absolute Gasteiger partial charge is 0.494 e. The van der Waals surface area contributed by atoms with Crippen LogP contribution < -0.4 is 4.74 Å². The molecule has 2 aromatic rings. The molecular weight excluding hydrogens is 354 g/mol. The molecule has 0 radical (unpaired) electrons. The Morgan fingerprint density at radius 2 is 1.93 bits per heavy atom. The fourth-order valence-corrected chi connectivity index (χ4v) is 4.48. The lowest BCUT2D eigenvalue weighted by Crippen LogP contribution is -2.47. The summed E-state index contributed by atoms with van der Waals surface area (Å²) in [5, 5.41) is 4.05. The summed E-state index contributed by atoms with van der Waals surface area (Å²) in [7, 11) is 0. The van der Waals surface area contributed by atoms with Gasteiger partial charge in [-0.25, -0.2) is 0 Å². The van der Waals surface area contributed by atoms with E-state index in [1.54, 1.807) is 0 Å². The van der Waals surface area contributed by atoms with Crippen LogP contribution in [-0.4, -0.2) is 46.6 Å². The van der Waals surface area contributed by atoms with Gasteiger partial charge in [0.1, 0.15) is 11.5 Å². The number of ether oxygens (including phenoxy) is 1. The molecule has 0 spiro atoms. The Bertz CT molecular complexity index is 811. The Kier molecular flexibility index (Phi) is 5.40. The molecule has 3 saturated heterocycles. The van der Waals surface area contributed by atoms with E-state index < -0.39 is 0 Å². The Hall–Kier alpha value is -2.34. The maximum atomic E-state index is 13.1. The molecule has 0 unspecified atom stereocenters. The van der Waals surface area contributed by atoms with E-state index in [1.165, 1.54) is 5.56 Å². The minimum absolute atomic E-state index is 0.0851. The molecule has 2 atom stereocenters. The minimum Gasteiger partial charge on any atom is -0.494 e. The van der Waals surface area contributed by atoms with Crippen LogP contribution in [0.2, 0.25) is 0 Å². The van der Waals surface area contributed by atoms with Gasteiger partial charge in [0.25, 0.3) is 0 Å². The summed E-state index contributed by atoms with van der Waals surface area (Å²) in [6.07, 6.45) is 2.06. The third-order valence-electron chi connectivity index (χ3n) is 6.02. The van der Waals surface area contributed by atoms with Crippen molar-refractivity contribution in [1.29, 1.82) is 0 Å². The van der Waals surface area contributed by atoms with Crippen LogP contribution in [0.1, 0.15) is 42.3 Å². The molecule has 1 amide bonds. The number of carbonyl (C=O) groups is 1. The van der Waals surface area contributed by atoms with E-state index in [-0.39, 0.29) is 17.9 Å². The molecule has 0 aliphatic carbocycles. The summed E-state index contributed by atoms with van der Waals surface area (Å²) >= 11 is 0. The first-order valence-electron chi connectivity index (χ1n) is 10.2. The fraction of sp³-hybridized carbons (Fsp3) is 0.545. The van der Waals surface area contributed by atoms with Crippen LogP contribution in [0.3, 0.4) is 0 Å². The number of aryl methyl sites for hydroxylation is 2. The van der Waals surface area contributed by atoms with Crippen LogP contribution in [-0.2, 0) is 17.9 Å². The van der Waals surface area contributed by atoms with Crippen LogP contribution in [0.25, 0.3) is 0 Å². The summed E-state index contributed by atoms with van der Waals surface area (Å²) in [6.45, 7) is 9.77. The van der Waals surface area contributed by atoms with Crippen LogP contribution in [0.4, 0.5) is 0 Å². The Morgan fingerprint density at radius 1 is 1.14 bits per heavy atom. The summed E-state index contributed by atoms with van der Waals surface area (Å²) in [5.74, 6) is 2.09. The first-order valence-corrected chi connectivity index (χ1v) is 10.2. The van der Waals surface area contributed by atoms with E-state index in [1.807, 2.05) is 32.9 Å². The van der Waals surface area contributed by atoms with Gasteiger partial charge in [-0.05, 0) is 51.3 Å². The van der Waals surface area contributed by atoms with Crippen LogP contribution in [0, 0.1) is 19.8 Å². The van der Waals surface area contributed by atoms with Gasteiger partial charge in [0.2, 0.25) is 5.91 Å². The lowest BCUT2D eigenvalue weighted by molar-refractivity contribution is -0.140. The number of aromatic nitrogens is 1. The normalized spacial score (nSPS) is 22.5. The molecule has 6 nitrogen and oxygen atoms in total. The Labute approximate surface area is 166 Å². The molecule has 0 N–H and O–H groups in total. The van der Waals surface area contributed by atoms with Crippen molar-refractivity contribution in [2.45, 2.75) is 52.7 Å². The van der Waals surface area contributed by atoms with Crippen molar-refractivity contribution < 1.29 is 14.1 Å². The lowest BCUT2D eigenvalue weighted by atomic mass is 9.93. The van der Waals surface area contributed by atoms with E-state index in [2.05, 4.69) is 27.1 Å². The zero-order valence-electron chi connectivity index (χ0n) is 17.0. The summed E-state index contributed by atoms with van der Waals surface area (Å²) in [5.41, 5.74) is 3.20. The van der Waals surface area contributed by atoms with Gasteiger partial charge in [0.15, 0.2) is 0 Å². The minimum atomic E-state index is 0.0851. The third-order valence-corrected chi connectivity index (χ3v) is 6.02. The topological polar surface area (TPSA) is 58.8 Å². The van der Waals surface area contributed by atoms with Gasteiger partial charge in [-0.15, -0.1) is 0 Å². The molecule has 5 rings (SSSR count). The third kappa shape index (κ3) is 3.78. The second kappa shape index (κ2) is 7.95. The van der Waals surface area contributed by atoms with Crippen LogP contribution >= 0.6 is 0 Å². The maximum absolute atomic E-state index is 13.1. The summed E-state index contributed by atoms with van der Waals surface area (Å²) in [4.78, 5) is 17.6. The fourth-order valence-electron chi connectivity index (χ4n) is 4.48. The van der Waals surface area contributed by atoms with Crippen molar-refractivity contribution in [3.05, 3.63) is 46.8 Å². The van der Waals surface area contributed by atoms with Crippen molar-refractivity contribution in [2.24, 2.45) is 5.92 Å². The van der Waals surface area contributed by atoms with Crippen molar-refractivity contribution in [1.82, 2.24) is 15.0 Å². The molecule has 1 aromatic heterocycles. The second-order valence-electron chi connectivity index (χ2n) is 7.97. The zero-order chi connectivity index (χ0) is 19.7. The smallest absolute Gasteiger partial charge is 0.227 e. The Balaban J connectivity index is 1.47. The highest BCUT2D eigenvalue weighted by molar-refractivity contribution is 5.80. The number of hydrogen-bond acceptors (Lipinski definition) is 5. The van der Waals surface area contributed by atoms with Crippen molar-refractivity contribution >= 4 is 5.91 Å². The highest BCUT2D eigenvalue weighted by Crippen LogP contribution is 2.32. The molecule has 0 saturated carbocycles. The van der Waals surface area contributed by atoms with Crippen LogP contribution in [0.5, 0.6) is 5.75 Å². The van der Waals surface area contributed by atoms with E-state index >= 15 is 0 Å². The number of fused-ring (bicyclic) bond motifs is 4. The van der Waals surface area contributed by atoms with Gasteiger partial charge in [0, 0.05) is 31.2 Å². The highest BCUT2D eigenvalue weighted by Gasteiger charge is 2.41. The van der Waals surface area contributed by atoms with Gasteiger partial charge in [-0.1, -0.05) is 17.3 Å². The quantitative estimate of drug-likeness (QED) is 0.766. The summed E-state index contributed by atoms with van der Waals surface area (Å²) < 4.78 is 10.8. The monoisotopic (exact) mass is 383 g/mol. The number of hydrogen-bond donors (Lipinski definition) is 0. The van der Waals surface area contributed by atoms with E-state index in [0.717, 1.165) is 55.2 Å². The number of carbonyl (C=O) groups excluding carboxylic acids is 1. The second-order valence-corrected chi connectivity index (χ2v) is 7.97. The molecule has 6 heteroatoms. The average Bonchev–Trinajstić information content (AvgIpc) is 2.84. The van der Waals surface area contributed by atoms with E-state index in [9.17, 15) is 4.79 Å². The van der Waals surface area contributed by atoms with Gasteiger partial charge < -0.3 is 14.2 Å². The van der Waals surface area contributed by atoms with Crippen molar-refractivity contribution in [2.75, 3.05) is 19.7 Å². The number of piperidine rings is 1. The molecule has 3 aliphatic heterocycles. The zero-order valence-corrected chi connectivity index (χ0v) is 17.0. The van der Waals surface area contributed by atoms with Gasteiger partial charge >= 0.3 is 0 Å². The predicted octanol–water partition coefficient (Wildman–Crippen LogP) is 3.31. The Morgan fingerprint density at radius 3 is 2.61 bits per heavy atom. The number of amides is 1. The molecule has 2 bridgehead atoms. The van der Waals surface area contributed by atoms with Crippen molar-refractivity contribution in [3.8, 4) is 5.75 Å². The maximum Gasteiger partial charge on any atom is 0.227 e. The predicted molar refractivity (Wildman–Crippen MR) is 106 cm³/mol. The first-order chi connectivity index (χ1) is 13.5. The molecule has 150 valence electrons. The number of benzene rings is 1. The number of rotatable bonds is 6. The molecule has 28 heavy (non-hydrogen) atoms. The standard InChI is InChI=1S/C22H29N3O3/c1-4-27-20-9-5-17(6-10-20)11-24-12-18-7-8-19(13-24)25(22(18)26)14-21-15(2)23-28-16(21)3/h5-6,9-10,18-19H,4,7-8,11-14H2,1-3H3/t18-,19+/m1/s1. The first kappa shape index (κ1) is 19.0. The SMILES string of the molecule is CCOc1ccc(CN2C[C@H]3CC[C@@H](C2)N(Cc2c(C)noc2C)C3=O)cc1. The lowest BCUT2D eigenvalue weighted by Gasteiger charge is -2.36. The molecule has 3 aliphatic rings. The van der Waals surface area contributed by atoms with E-state index in [4.69, 9.17) is 9.26 Å². The van der Waals surface area contributed by atoms with Gasteiger partial charge in [-0.3, -0.25) is 9.69 Å². The highest BCUT2D eigenvalue weighted by atomic mass is 16.5. The molecule has 1 aromatic carbocycles. The average molecular weight is 383 g/mol. The molecular formula is C22H29N3O3.